The molecule has 1 aromatic carbocycles. The number of hydrogen-bond acceptors (Lipinski definition) is 7. The van der Waals surface area contributed by atoms with Gasteiger partial charge in [0.15, 0.2) is 0 Å². The highest BCUT2D eigenvalue weighted by Crippen LogP contribution is 2.55. The SMILES string of the molecule is COC(=O)C1=CS/C(=C2\SC=C(/C=C/c3sc4ccccc4[n+]3C)S2)S1. The van der Waals surface area contributed by atoms with E-state index in [0.717, 1.165) is 4.24 Å². The van der Waals surface area contributed by atoms with Gasteiger partial charge in [-0.25, -0.2) is 4.79 Å². The number of thiazole rings is 1. The molecule has 3 nitrogen and oxygen atoms in total. The maximum Gasteiger partial charge on any atom is 0.345 e. The van der Waals surface area contributed by atoms with Gasteiger partial charge in [0.1, 0.15) is 16.7 Å². The minimum Gasteiger partial charge on any atom is -0.465 e. The van der Waals surface area contributed by atoms with Gasteiger partial charge in [0.25, 0.3) is 5.01 Å². The van der Waals surface area contributed by atoms with Crippen LogP contribution in [0.4, 0.5) is 0 Å². The number of benzene rings is 1. The van der Waals surface area contributed by atoms with Gasteiger partial charge in [-0.15, -0.1) is 0 Å². The fourth-order valence-electron chi connectivity index (χ4n) is 2.38. The Morgan fingerprint density at radius 1 is 1.08 bits per heavy atom. The normalized spacial score (nSPS) is 20.1. The highest BCUT2D eigenvalue weighted by molar-refractivity contribution is 8.34. The van der Waals surface area contributed by atoms with Crippen LogP contribution in [-0.2, 0) is 16.6 Å². The van der Waals surface area contributed by atoms with E-state index in [0.29, 0.717) is 4.91 Å². The third-order valence-corrected chi connectivity index (χ3v) is 10.1. The van der Waals surface area contributed by atoms with E-state index in [4.69, 9.17) is 4.74 Å². The van der Waals surface area contributed by atoms with Crippen LogP contribution in [0.15, 0.2) is 59.4 Å². The molecule has 26 heavy (non-hydrogen) atoms. The van der Waals surface area contributed by atoms with E-state index in [1.54, 1.807) is 46.6 Å². The molecule has 1 aromatic heterocycles. The molecular weight excluding hydrogens is 423 g/mol. The Labute approximate surface area is 172 Å². The van der Waals surface area contributed by atoms with Crippen molar-refractivity contribution in [1.29, 1.82) is 0 Å². The number of allylic oxidation sites excluding steroid dienone is 1. The van der Waals surface area contributed by atoms with Crippen molar-refractivity contribution in [3.8, 4) is 0 Å². The average molecular weight is 437 g/mol. The number of hydrogen-bond donors (Lipinski definition) is 0. The Balaban J connectivity index is 1.46. The number of fused-ring (bicyclic) bond motifs is 1. The predicted molar refractivity (Wildman–Crippen MR) is 118 cm³/mol. The van der Waals surface area contributed by atoms with Gasteiger partial charge < -0.3 is 4.74 Å². The molecule has 0 N–H and O–H groups in total. The Morgan fingerprint density at radius 2 is 1.85 bits per heavy atom. The van der Waals surface area contributed by atoms with Crippen LogP contribution in [0.3, 0.4) is 0 Å². The van der Waals surface area contributed by atoms with Crippen molar-refractivity contribution in [2.75, 3.05) is 7.11 Å². The van der Waals surface area contributed by atoms with Gasteiger partial charge in [-0.05, 0) is 23.0 Å². The second-order valence-electron chi connectivity index (χ2n) is 5.31. The minimum absolute atomic E-state index is 0.267. The third-order valence-electron chi connectivity index (χ3n) is 3.68. The molecule has 0 unspecified atom stereocenters. The molecular formula is C18H14NO2S5+. The van der Waals surface area contributed by atoms with E-state index in [-0.39, 0.29) is 5.97 Å². The molecule has 2 aromatic rings. The lowest BCUT2D eigenvalue weighted by atomic mass is 10.3. The van der Waals surface area contributed by atoms with Gasteiger partial charge in [-0.2, -0.15) is 4.57 Å². The Morgan fingerprint density at radius 3 is 2.65 bits per heavy atom. The fraction of sp³-hybridized carbons (Fsp3) is 0.111. The number of ether oxygens (including phenoxy) is 1. The summed E-state index contributed by atoms with van der Waals surface area (Å²) >= 11 is 8.33. The van der Waals surface area contributed by atoms with E-state index >= 15 is 0 Å². The van der Waals surface area contributed by atoms with Gasteiger partial charge in [-0.1, -0.05) is 70.5 Å². The largest absolute Gasteiger partial charge is 0.465 e. The first-order valence-electron chi connectivity index (χ1n) is 7.63. The summed E-state index contributed by atoms with van der Waals surface area (Å²) in [6.07, 6.45) is 4.33. The van der Waals surface area contributed by atoms with Crippen molar-refractivity contribution in [2.24, 2.45) is 7.05 Å². The number of para-hydroxylation sites is 1. The van der Waals surface area contributed by atoms with Crippen molar-refractivity contribution in [2.45, 2.75) is 0 Å². The van der Waals surface area contributed by atoms with E-state index < -0.39 is 0 Å². The van der Waals surface area contributed by atoms with Crippen LogP contribution in [0.25, 0.3) is 16.3 Å². The average Bonchev–Trinajstić information content (AvgIpc) is 3.38. The predicted octanol–water partition coefficient (Wildman–Crippen LogP) is 5.68. The highest BCUT2D eigenvalue weighted by Gasteiger charge is 2.25. The van der Waals surface area contributed by atoms with Crippen molar-refractivity contribution >= 4 is 80.6 Å². The Hall–Kier alpha value is -1.06. The van der Waals surface area contributed by atoms with Crippen LogP contribution in [0.5, 0.6) is 0 Å². The zero-order chi connectivity index (χ0) is 18.1. The molecule has 0 saturated carbocycles. The van der Waals surface area contributed by atoms with Crippen molar-refractivity contribution in [3.63, 3.8) is 0 Å². The molecule has 0 radical (unpaired) electrons. The monoisotopic (exact) mass is 436 g/mol. The molecule has 2 aliphatic heterocycles. The molecule has 3 heterocycles. The summed E-state index contributed by atoms with van der Waals surface area (Å²) in [6.45, 7) is 0. The zero-order valence-corrected chi connectivity index (χ0v) is 18.0. The molecule has 0 aliphatic carbocycles. The van der Waals surface area contributed by atoms with E-state index in [9.17, 15) is 4.79 Å². The number of methoxy groups -OCH3 is 1. The number of esters is 1. The van der Waals surface area contributed by atoms with E-state index in [2.05, 4.69) is 53.4 Å². The summed E-state index contributed by atoms with van der Waals surface area (Å²) < 4.78 is 10.7. The number of thioether (sulfide) groups is 4. The van der Waals surface area contributed by atoms with Crippen LogP contribution in [0.2, 0.25) is 0 Å². The maximum absolute atomic E-state index is 11.6. The summed E-state index contributed by atoms with van der Waals surface area (Å²) in [4.78, 5) is 13.5. The van der Waals surface area contributed by atoms with Gasteiger partial charge in [-0.3, -0.25) is 0 Å². The maximum atomic E-state index is 11.6. The summed E-state index contributed by atoms with van der Waals surface area (Å²) in [5, 5.41) is 5.25. The standard InChI is InChI=1S/C18H14NO2S5/c1-19-12-5-3-4-6-13(12)25-15(19)8-7-11-9-22-17(24-11)18-23-10-14(26-18)16(20)21-2/h3-10H,1-2H3/q+1/b8-7+,18-17-. The number of aromatic nitrogens is 1. The molecule has 8 heteroatoms. The molecule has 0 bridgehead atoms. The first-order chi connectivity index (χ1) is 12.7. The van der Waals surface area contributed by atoms with Crippen molar-refractivity contribution in [1.82, 2.24) is 0 Å². The highest BCUT2D eigenvalue weighted by atomic mass is 32.2. The van der Waals surface area contributed by atoms with Crippen LogP contribution in [0, 0.1) is 0 Å². The molecule has 0 amide bonds. The van der Waals surface area contributed by atoms with Crippen molar-refractivity contribution < 1.29 is 14.1 Å². The molecule has 0 atom stereocenters. The molecule has 0 saturated heterocycles. The molecule has 0 spiro atoms. The van der Waals surface area contributed by atoms with E-state index in [1.165, 1.54) is 43.2 Å². The van der Waals surface area contributed by atoms with Crippen LogP contribution in [-0.4, -0.2) is 13.1 Å². The second-order valence-corrected chi connectivity index (χ2v) is 10.8. The molecule has 4 rings (SSSR count). The number of rotatable bonds is 3. The lowest BCUT2D eigenvalue weighted by Crippen LogP contribution is -2.28. The first kappa shape index (κ1) is 18.3. The minimum atomic E-state index is -0.267. The van der Waals surface area contributed by atoms with Crippen LogP contribution >= 0.6 is 58.4 Å². The lowest BCUT2D eigenvalue weighted by Gasteiger charge is -2.01. The molecule has 0 fully saturated rings. The van der Waals surface area contributed by atoms with Crippen LogP contribution in [0.1, 0.15) is 5.01 Å². The molecule has 132 valence electrons. The van der Waals surface area contributed by atoms with Gasteiger partial charge in [0, 0.05) is 17.0 Å². The summed E-state index contributed by atoms with van der Waals surface area (Å²) in [5.41, 5.74) is 1.25. The lowest BCUT2D eigenvalue weighted by molar-refractivity contribution is -0.642. The topological polar surface area (TPSA) is 30.2 Å². The number of carbonyl (C=O) groups is 1. The Kier molecular flexibility index (Phi) is 5.56. The third kappa shape index (κ3) is 3.66. The summed E-state index contributed by atoms with van der Waals surface area (Å²) in [6, 6.07) is 8.44. The summed E-state index contributed by atoms with van der Waals surface area (Å²) in [5.74, 6) is -0.267. The smallest absolute Gasteiger partial charge is 0.345 e. The van der Waals surface area contributed by atoms with Crippen LogP contribution < -0.4 is 4.57 Å². The quantitative estimate of drug-likeness (QED) is 0.454. The fourth-order valence-corrected chi connectivity index (χ4v) is 8.11. The molecule has 2 aliphatic rings. The van der Waals surface area contributed by atoms with Crippen molar-refractivity contribution in [3.05, 3.63) is 64.4 Å². The Bertz CT molecular complexity index is 1020. The van der Waals surface area contributed by atoms with Gasteiger partial charge in [0.2, 0.25) is 5.52 Å². The van der Waals surface area contributed by atoms with Gasteiger partial charge in [0.05, 0.1) is 15.6 Å². The van der Waals surface area contributed by atoms with E-state index in [1.807, 2.05) is 5.41 Å². The number of carbonyl (C=O) groups excluding carboxylic acids is 1. The second kappa shape index (κ2) is 7.90. The number of nitrogens with zero attached hydrogens (tertiary/aromatic N) is 1. The first-order valence-corrected chi connectivity index (χ1v) is 11.8. The number of aryl methyl sites for hydroxylation is 1. The summed E-state index contributed by atoms with van der Waals surface area (Å²) in [7, 11) is 3.51. The zero-order valence-electron chi connectivity index (χ0n) is 13.9. The van der Waals surface area contributed by atoms with Gasteiger partial charge >= 0.3 is 5.97 Å².